The number of hydrogen-bond donors (Lipinski definition) is 2. The van der Waals surface area contributed by atoms with E-state index >= 15 is 0 Å². The first-order valence-electron chi connectivity index (χ1n) is 9.49. The molecule has 2 N–H and O–H groups in total. The zero-order valence-corrected chi connectivity index (χ0v) is 13.4. The summed E-state index contributed by atoms with van der Waals surface area (Å²) < 4.78 is 5.69. The zero-order valence-electron chi connectivity index (χ0n) is 13.4. The summed E-state index contributed by atoms with van der Waals surface area (Å²) in [6.07, 6.45) is 13.1. The van der Waals surface area contributed by atoms with Crippen molar-refractivity contribution in [2.45, 2.75) is 75.9 Å². The normalized spacial score (nSPS) is 44.9. The summed E-state index contributed by atoms with van der Waals surface area (Å²) in [5.41, 5.74) is 0. The van der Waals surface area contributed by atoms with E-state index in [-0.39, 0.29) is 0 Å². The average Bonchev–Trinajstić information content (AvgIpc) is 3.16. The van der Waals surface area contributed by atoms with Gasteiger partial charge in [0.1, 0.15) is 0 Å². The molecule has 1 aliphatic heterocycles. The number of morpholine rings is 1. The van der Waals surface area contributed by atoms with Gasteiger partial charge in [-0.25, -0.2) is 0 Å². The second-order valence-corrected chi connectivity index (χ2v) is 7.91. The summed E-state index contributed by atoms with van der Waals surface area (Å²) in [6, 6.07) is 2.21. The fourth-order valence-electron chi connectivity index (χ4n) is 5.30. The maximum atomic E-state index is 5.69. The summed E-state index contributed by atoms with van der Waals surface area (Å²) in [4.78, 5) is 0. The van der Waals surface area contributed by atoms with E-state index in [1.165, 1.54) is 57.8 Å². The van der Waals surface area contributed by atoms with Crippen molar-refractivity contribution in [1.82, 2.24) is 10.6 Å². The van der Waals surface area contributed by atoms with Crippen LogP contribution in [0.5, 0.6) is 0 Å². The first-order chi connectivity index (χ1) is 10.4. The Kier molecular flexibility index (Phi) is 4.52. The number of ether oxygens (including phenoxy) is 1. The lowest BCUT2D eigenvalue weighted by Crippen LogP contribution is -2.51. The lowest BCUT2D eigenvalue weighted by atomic mass is 9.85. The molecule has 3 saturated carbocycles. The third-order valence-corrected chi connectivity index (χ3v) is 6.56. The molecule has 4 rings (SSSR count). The van der Waals surface area contributed by atoms with Gasteiger partial charge in [0.2, 0.25) is 0 Å². The standard InChI is InChI=1S/C18H32N2O/c1-2-5-13(6-3-1)15-11-17(15)20-16-8-4-7-14(16)18-12-21-10-9-19-18/h13-20H,1-12H2. The Morgan fingerprint density at radius 3 is 2.57 bits per heavy atom. The van der Waals surface area contributed by atoms with Crippen molar-refractivity contribution in [2.75, 3.05) is 19.8 Å². The fourth-order valence-corrected chi connectivity index (χ4v) is 5.30. The molecule has 0 aromatic rings. The quantitative estimate of drug-likeness (QED) is 0.836. The molecular formula is C18H32N2O. The smallest absolute Gasteiger partial charge is 0.0623 e. The summed E-state index contributed by atoms with van der Waals surface area (Å²) in [5.74, 6) is 2.87. The first-order valence-corrected chi connectivity index (χ1v) is 9.49. The van der Waals surface area contributed by atoms with Crippen molar-refractivity contribution in [3.8, 4) is 0 Å². The van der Waals surface area contributed by atoms with Crippen LogP contribution < -0.4 is 10.6 Å². The van der Waals surface area contributed by atoms with Crippen LogP contribution in [-0.2, 0) is 4.74 Å². The Labute approximate surface area is 129 Å². The van der Waals surface area contributed by atoms with Crippen molar-refractivity contribution < 1.29 is 4.74 Å². The van der Waals surface area contributed by atoms with E-state index in [1.54, 1.807) is 0 Å². The molecule has 0 bridgehead atoms. The van der Waals surface area contributed by atoms with E-state index in [2.05, 4.69) is 10.6 Å². The Bertz CT molecular complexity index is 336. The third-order valence-electron chi connectivity index (χ3n) is 6.56. The van der Waals surface area contributed by atoms with Crippen molar-refractivity contribution in [3.05, 3.63) is 0 Å². The van der Waals surface area contributed by atoms with Gasteiger partial charge in [-0.2, -0.15) is 0 Å². The highest BCUT2D eigenvalue weighted by atomic mass is 16.5. The molecule has 5 unspecified atom stereocenters. The van der Waals surface area contributed by atoms with Gasteiger partial charge in [0.15, 0.2) is 0 Å². The summed E-state index contributed by atoms with van der Waals surface area (Å²) >= 11 is 0. The largest absolute Gasteiger partial charge is 0.379 e. The third kappa shape index (κ3) is 3.30. The Hall–Kier alpha value is -0.120. The van der Waals surface area contributed by atoms with Crippen molar-refractivity contribution in [3.63, 3.8) is 0 Å². The van der Waals surface area contributed by atoms with Gasteiger partial charge in [-0.1, -0.05) is 38.5 Å². The number of rotatable bonds is 4. The average molecular weight is 292 g/mol. The molecule has 4 fully saturated rings. The van der Waals surface area contributed by atoms with E-state index in [4.69, 9.17) is 4.74 Å². The maximum absolute atomic E-state index is 5.69. The summed E-state index contributed by atoms with van der Waals surface area (Å²) in [5, 5.41) is 7.75. The minimum atomic E-state index is 0.602. The molecule has 1 heterocycles. The molecule has 5 atom stereocenters. The predicted molar refractivity (Wildman–Crippen MR) is 85.3 cm³/mol. The van der Waals surface area contributed by atoms with Crippen LogP contribution in [-0.4, -0.2) is 37.9 Å². The maximum Gasteiger partial charge on any atom is 0.0623 e. The fraction of sp³-hybridized carbons (Fsp3) is 1.00. The van der Waals surface area contributed by atoms with Crippen LogP contribution in [0.3, 0.4) is 0 Å². The highest BCUT2D eigenvalue weighted by molar-refractivity contribution is 5.02. The molecular weight excluding hydrogens is 260 g/mol. The Morgan fingerprint density at radius 2 is 1.76 bits per heavy atom. The van der Waals surface area contributed by atoms with Crippen LogP contribution in [0.25, 0.3) is 0 Å². The molecule has 0 radical (unpaired) electrons. The van der Waals surface area contributed by atoms with Gasteiger partial charge in [0, 0.05) is 24.7 Å². The van der Waals surface area contributed by atoms with Gasteiger partial charge in [0.05, 0.1) is 13.2 Å². The first kappa shape index (κ1) is 14.5. The molecule has 0 amide bonds. The van der Waals surface area contributed by atoms with E-state index in [0.29, 0.717) is 6.04 Å². The van der Waals surface area contributed by atoms with Crippen LogP contribution in [0.15, 0.2) is 0 Å². The molecule has 3 aliphatic carbocycles. The molecule has 3 heteroatoms. The molecule has 0 aromatic carbocycles. The van der Waals surface area contributed by atoms with E-state index < -0.39 is 0 Å². The minimum Gasteiger partial charge on any atom is -0.379 e. The topological polar surface area (TPSA) is 33.3 Å². The van der Waals surface area contributed by atoms with Gasteiger partial charge in [-0.15, -0.1) is 0 Å². The van der Waals surface area contributed by atoms with Gasteiger partial charge < -0.3 is 15.4 Å². The minimum absolute atomic E-state index is 0.602. The second kappa shape index (κ2) is 6.55. The van der Waals surface area contributed by atoms with Crippen molar-refractivity contribution >= 4 is 0 Å². The second-order valence-electron chi connectivity index (χ2n) is 7.91. The Morgan fingerprint density at radius 1 is 0.857 bits per heavy atom. The lowest BCUT2D eigenvalue weighted by molar-refractivity contribution is 0.0522. The van der Waals surface area contributed by atoms with Crippen molar-refractivity contribution in [1.29, 1.82) is 0 Å². The predicted octanol–water partition coefficient (Wildman–Crippen LogP) is 2.70. The van der Waals surface area contributed by atoms with Gasteiger partial charge >= 0.3 is 0 Å². The van der Waals surface area contributed by atoms with E-state index in [1.807, 2.05) is 0 Å². The molecule has 3 nitrogen and oxygen atoms in total. The van der Waals surface area contributed by atoms with Gasteiger partial charge in [-0.3, -0.25) is 0 Å². The van der Waals surface area contributed by atoms with Crippen LogP contribution in [0.4, 0.5) is 0 Å². The van der Waals surface area contributed by atoms with Crippen LogP contribution in [0, 0.1) is 17.8 Å². The lowest BCUT2D eigenvalue weighted by Gasteiger charge is -2.33. The highest BCUT2D eigenvalue weighted by Crippen LogP contribution is 2.45. The molecule has 0 spiro atoms. The summed E-state index contributed by atoms with van der Waals surface area (Å²) in [6.45, 7) is 2.87. The molecule has 4 aliphatic rings. The van der Waals surface area contributed by atoms with Crippen LogP contribution >= 0.6 is 0 Å². The monoisotopic (exact) mass is 292 g/mol. The van der Waals surface area contributed by atoms with Gasteiger partial charge in [-0.05, 0) is 37.0 Å². The molecule has 21 heavy (non-hydrogen) atoms. The zero-order chi connectivity index (χ0) is 14.1. The number of nitrogens with one attached hydrogen (secondary N) is 2. The van der Waals surface area contributed by atoms with Crippen molar-refractivity contribution in [2.24, 2.45) is 17.8 Å². The SMILES string of the molecule is C1CCC(C2CC2NC2CCCC2C2COCCN2)CC1. The number of hydrogen-bond acceptors (Lipinski definition) is 3. The highest BCUT2D eigenvalue weighted by Gasteiger charge is 2.45. The molecule has 1 saturated heterocycles. The van der Waals surface area contributed by atoms with Gasteiger partial charge in [0.25, 0.3) is 0 Å². The van der Waals surface area contributed by atoms with E-state index in [0.717, 1.165) is 49.6 Å². The molecule has 120 valence electrons. The van der Waals surface area contributed by atoms with Crippen LogP contribution in [0.1, 0.15) is 57.8 Å². The Balaban J connectivity index is 1.28. The van der Waals surface area contributed by atoms with E-state index in [9.17, 15) is 0 Å². The summed E-state index contributed by atoms with van der Waals surface area (Å²) in [7, 11) is 0. The molecule has 0 aromatic heterocycles. The van der Waals surface area contributed by atoms with Crippen LogP contribution in [0.2, 0.25) is 0 Å².